The number of alkyl halides is 1. The minimum absolute atomic E-state index is 0.0524. The maximum absolute atomic E-state index is 7.64. The van der Waals surface area contributed by atoms with E-state index in [1.807, 2.05) is 11.8 Å². The van der Waals surface area contributed by atoms with E-state index in [-0.39, 0.29) is 13.0 Å². The van der Waals surface area contributed by atoms with Gasteiger partial charge >= 0.3 is 204 Å². The van der Waals surface area contributed by atoms with Crippen molar-refractivity contribution in [2.45, 2.75) is 19.5 Å². The fourth-order valence-corrected chi connectivity index (χ4v) is 26.8. The first-order valence-electron chi connectivity index (χ1n) is 9.96. The van der Waals surface area contributed by atoms with Gasteiger partial charge in [-0.1, -0.05) is 0 Å². The Morgan fingerprint density at radius 1 is 0.933 bits per heavy atom. The summed E-state index contributed by atoms with van der Waals surface area (Å²) in [6.45, 7) is 0. The van der Waals surface area contributed by atoms with Crippen LogP contribution in [0.5, 0.6) is 0 Å². The molecule has 0 amide bonds. The van der Waals surface area contributed by atoms with Gasteiger partial charge in [0.25, 0.3) is 0 Å². The summed E-state index contributed by atoms with van der Waals surface area (Å²) in [6, 6.07) is 23.7. The molecule has 1 aliphatic heterocycles. The van der Waals surface area contributed by atoms with E-state index in [1.165, 1.54) is 39.0 Å². The third-order valence-corrected chi connectivity index (χ3v) is 30.1. The molecule has 0 aromatic heterocycles. The molecule has 3 atom stereocenters. The Bertz CT molecular complexity index is 1250. The van der Waals surface area contributed by atoms with Crippen molar-refractivity contribution in [3.05, 3.63) is 94.6 Å². The van der Waals surface area contributed by atoms with Crippen LogP contribution in [0.15, 0.2) is 72.3 Å². The predicted molar refractivity (Wildman–Crippen MR) is 136 cm³/mol. The van der Waals surface area contributed by atoms with Crippen molar-refractivity contribution in [2.24, 2.45) is 0 Å². The Balaban J connectivity index is 1.55. The third-order valence-electron chi connectivity index (χ3n) is 6.63. The Hall–Kier alpha value is 0.0431. The third kappa shape index (κ3) is 2.90. The van der Waals surface area contributed by atoms with E-state index >= 15 is 0 Å². The molecule has 6 heteroatoms. The maximum atomic E-state index is 7.64. The van der Waals surface area contributed by atoms with Crippen molar-refractivity contribution in [1.82, 2.24) is 0 Å². The number of hydrogen-bond donors (Lipinski definition) is 1. The number of hydrogen-bond acceptors (Lipinski definition) is 2. The van der Waals surface area contributed by atoms with Gasteiger partial charge in [0.2, 0.25) is 0 Å². The zero-order valence-corrected chi connectivity index (χ0v) is 23.1. The van der Waals surface area contributed by atoms with E-state index in [9.17, 15) is 0 Å². The zero-order chi connectivity index (χ0) is 20.7. The standard InChI is InChI=1S/C13H9.C11H8BrS.2ClH.H2S.Zr/c1-3-7-12-10(5-1)9-11-6-2-4-8-13(11)12;12-11-9-5-7-3-1-2-4-8(7)10(9)6-13-11;;;;/h1-7H,9H2;1-6,10-11H;2*1H;1H2;/q;;;;;+3/p-3. The summed E-state index contributed by atoms with van der Waals surface area (Å²) in [6.07, 6.45) is 3.24. The van der Waals surface area contributed by atoms with E-state index in [0.717, 1.165) is 9.69 Å². The van der Waals surface area contributed by atoms with Crippen molar-refractivity contribution in [3.63, 3.8) is 0 Å². The summed E-state index contributed by atoms with van der Waals surface area (Å²) >= 11 is 0.988. The molecule has 0 nitrogen and oxygen atoms in total. The van der Waals surface area contributed by atoms with Gasteiger partial charge in [-0.15, -0.1) is 0 Å². The van der Waals surface area contributed by atoms with Crippen LogP contribution in [-0.2, 0) is 21.4 Å². The molecule has 3 aromatic rings. The van der Waals surface area contributed by atoms with Gasteiger partial charge in [-0.05, 0) is 0 Å². The number of rotatable bonds is 2. The molecule has 0 radical (unpaired) electrons. The molecule has 0 bridgehead atoms. The van der Waals surface area contributed by atoms with Crippen LogP contribution in [0, 0.1) is 0 Å². The zero-order valence-electron chi connectivity index (χ0n) is 15.9. The second-order valence-corrected chi connectivity index (χ2v) is 39.1. The SMILES string of the molecule is [SH][Zr]([Cl])([Cl])([c]1cccc2c1-c1ccccc1C2)[CH]1SC(Br)C2=Cc3ccccc3C21. The van der Waals surface area contributed by atoms with Crippen LogP contribution in [-0.4, -0.2) is 7.12 Å². The Morgan fingerprint density at radius 2 is 1.67 bits per heavy atom. The number of halogens is 3. The molecular formula is C24H18BrCl2S2Zr. The van der Waals surface area contributed by atoms with Crippen LogP contribution in [0.3, 0.4) is 0 Å². The van der Waals surface area contributed by atoms with Gasteiger partial charge < -0.3 is 0 Å². The van der Waals surface area contributed by atoms with Gasteiger partial charge in [0.1, 0.15) is 0 Å². The fraction of sp³-hybridized carbons (Fsp3) is 0.167. The molecule has 1 heterocycles. The van der Waals surface area contributed by atoms with Crippen LogP contribution < -0.4 is 3.27 Å². The molecule has 0 N–H and O–H groups in total. The first-order chi connectivity index (χ1) is 14.3. The first-order valence-corrected chi connectivity index (χ1v) is 24.5. The Morgan fingerprint density at radius 3 is 2.53 bits per heavy atom. The van der Waals surface area contributed by atoms with E-state index in [4.69, 9.17) is 26.4 Å². The molecule has 0 saturated carbocycles. The molecule has 6 rings (SSSR count). The monoisotopic (exact) mass is 609 g/mol. The van der Waals surface area contributed by atoms with Crippen molar-refractivity contribution >= 4 is 63.5 Å². The minimum atomic E-state index is -4.76. The molecule has 3 unspecified atom stereocenters. The molecule has 1 fully saturated rings. The van der Waals surface area contributed by atoms with Gasteiger partial charge in [-0.25, -0.2) is 0 Å². The Labute approximate surface area is 201 Å². The molecular weight excluding hydrogens is 594 g/mol. The van der Waals surface area contributed by atoms with E-state index in [1.54, 1.807) is 0 Å². The van der Waals surface area contributed by atoms with Crippen molar-refractivity contribution < 1.29 is 14.9 Å². The molecule has 0 spiro atoms. The molecule has 3 aliphatic rings. The summed E-state index contributed by atoms with van der Waals surface area (Å²) in [7, 11) is 20.6. The van der Waals surface area contributed by atoms with Gasteiger partial charge in [0.15, 0.2) is 0 Å². The van der Waals surface area contributed by atoms with Crippen LogP contribution in [0.1, 0.15) is 28.2 Å². The number of thiol groups is 1. The van der Waals surface area contributed by atoms with Crippen LogP contribution in [0.2, 0.25) is 0 Å². The molecule has 2 aliphatic carbocycles. The van der Waals surface area contributed by atoms with E-state index < -0.39 is 14.9 Å². The molecule has 1 saturated heterocycles. The van der Waals surface area contributed by atoms with Gasteiger partial charge in [0, 0.05) is 0 Å². The van der Waals surface area contributed by atoms with Crippen LogP contribution in [0.4, 0.5) is 0 Å². The molecule has 151 valence electrons. The predicted octanol–water partition coefficient (Wildman–Crippen LogP) is 7.70. The van der Waals surface area contributed by atoms with E-state index in [2.05, 4.69) is 88.7 Å². The second-order valence-electron chi connectivity index (χ2n) is 8.33. The topological polar surface area (TPSA) is 0 Å². The summed E-state index contributed by atoms with van der Waals surface area (Å²) in [5, 5.41) is 0. The van der Waals surface area contributed by atoms with Crippen LogP contribution in [0.25, 0.3) is 17.2 Å². The van der Waals surface area contributed by atoms with Crippen LogP contribution >= 0.6 is 54.1 Å². The van der Waals surface area contributed by atoms with Crippen molar-refractivity contribution in [3.8, 4) is 11.1 Å². The average molecular weight is 613 g/mol. The summed E-state index contributed by atoms with van der Waals surface area (Å²) < 4.78 is 1.35. The summed E-state index contributed by atoms with van der Waals surface area (Å²) in [4.78, 5) is 0. The molecule has 3 aromatic carbocycles. The number of fused-ring (bicyclic) bond motifs is 6. The quantitative estimate of drug-likeness (QED) is 0.179. The summed E-state index contributed by atoms with van der Waals surface area (Å²) in [5.74, 6) is 0.209. The Kier molecular flexibility index (Phi) is 4.83. The van der Waals surface area contributed by atoms with E-state index in [0.29, 0.717) is 0 Å². The van der Waals surface area contributed by atoms with Crippen molar-refractivity contribution in [1.29, 1.82) is 0 Å². The fourth-order valence-electron chi connectivity index (χ4n) is 5.32. The normalized spacial score (nSPS) is 25.0. The number of benzene rings is 3. The van der Waals surface area contributed by atoms with Crippen molar-refractivity contribution in [2.75, 3.05) is 0 Å². The first kappa shape index (κ1) is 20.6. The average Bonchev–Trinajstić information content (AvgIpc) is 3.38. The van der Waals surface area contributed by atoms with Gasteiger partial charge in [0.05, 0.1) is 0 Å². The molecule has 30 heavy (non-hydrogen) atoms. The van der Waals surface area contributed by atoms with Gasteiger partial charge in [-0.3, -0.25) is 0 Å². The second kappa shape index (κ2) is 7.02. The van der Waals surface area contributed by atoms with Gasteiger partial charge in [-0.2, -0.15) is 0 Å². The summed E-state index contributed by atoms with van der Waals surface area (Å²) in [5.41, 5.74) is 9.13. The number of thioether (sulfide) groups is 1.